The molecule has 31 heavy (non-hydrogen) atoms. The van der Waals surface area contributed by atoms with Crippen LogP contribution >= 0.6 is 0 Å². The molecule has 0 bridgehead atoms. The summed E-state index contributed by atoms with van der Waals surface area (Å²) in [6.07, 6.45) is 4.24. The average molecular weight is 426 g/mol. The van der Waals surface area contributed by atoms with E-state index in [-0.39, 0.29) is 12.1 Å². The summed E-state index contributed by atoms with van der Waals surface area (Å²) in [4.78, 5) is 11.7. The Balaban J connectivity index is 1.39. The Morgan fingerprint density at radius 1 is 1.29 bits per heavy atom. The minimum absolute atomic E-state index is 0.221. The molecule has 3 heterocycles. The van der Waals surface area contributed by atoms with E-state index in [2.05, 4.69) is 80.7 Å². The fraction of sp³-hybridized carbons (Fsp3) is 0.565. The van der Waals surface area contributed by atoms with Gasteiger partial charge in [0.1, 0.15) is 0 Å². The van der Waals surface area contributed by atoms with Gasteiger partial charge < -0.3 is 19.9 Å². The van der Waals surface area contributed by atoms with Crippen LogP contribution in [0.4, 0.5) is 0 Å². The lowest BCUT2D eigenvalue weighted by atomic mass is 10.1. The van der Waals surface area contributed by atoms with Crippen LogP contribution in [0.15, 0.2) is 47.7 Å². The zero-order chi connectivity index (χ0) is 21.8. The standard InChI is InChI=1S/C23H35N7O/c1-24-23(25-13-20(27(2)3)19-12-26-28(4)15-19)30-16-21-22(17-30)31-11-10-29(21)14-18-8-6-5-7-9-18/h5-9,12,15,20-22H,10-11,13-14,16-17H2,1-4H3,(H,24,25). The monoisotopic (exact) mass is 425 g/mol. The molecular formula is C23H35N7O. The Bertz CT molecular complexity index is 866. The molecule has 0 radical (unpaired) electrons. The van der Waals surface area contributed by atoms with Gasteiger partial charge in [-0.2, -0.15) is 5.10 Å². The summed E-state index contributed by atoms with van der Waals surface area (Å²) in [6.45, 7) is 5.30. The van der Waals surface area contributed by atoms with Crippen LogP contribution in [0.5, 0.6) is 0 Å². The van der Waals surface area contributed by atoms with E-state index in [1.165, 1.54) is 11.1 Å². The second kappa shape index (κ2) is 9.80. The van der Waals surface area contributed by atoms with Gasteiger partial charge in [0.25, 0.3) is 0 Å². The number of aryl methyl sites for hydroxylation is 1. The van der Waals surface area contributed by atoms with E-state index in [9.17, 15) is 0 Å². The molecule has 4 rings (SSSR count). The fourth-order valence-electron chi connectivity index (χ4n) is 4.68. The number of likely N-dealkylation sites (N-methyl/N-ethyl adjacent to an activating group) is 1. The Labute approximate surface area is 185 Å². The molecule has 1 aromatic carbocycles. The molecule has 8 nitrogen and oxygen atoms in total. The molecule has 2 aromatic rings. The Kier molecular flexibility index (Phi) is 6.89. The number of guanidine groups is 1. The van der Waals surface area contributed by atoms with Crippen LogP contribution in [0.25, 0.3) is 0 Å². The minimum Gasteiger partial charge on any atom is -0.373 e. The summed E-state index contributed by atoms with van der Waals surface area (Å²) in [5.41, 5.74) is 2.55. The third kappa shape index (κ3) is 5.08. The van der Waals surface area contributed by atoms with Crippen molar-refractivity contribution in [1.82, 2.24) is 29.8 Å². The quantitative estimate of drug-likeness (QED) is 0.554. The molecule has 2 fully saturated rings. The van der Waals surface area contributed by atoms with Crippen molar-refractivity contribution in [3.63, 3.8) is 0 Å². The van der Waals surface area contributed by atoms with E-state index in [1.54, 1.807) is 0 Å². The molecule has 0 spiro atoms. The van der Waals surface area contributed by atoms with E-state index in [1.807, 2.05) is 25.0 Å². The van der Waals surface area contributed by atoms with Crippen molar-refractivity contribution in [2.24, 2.45) is 12.0 Å². The Morgan fingerprint density at radius 3 is 2.77 bits per heavy atom. The number of morpholine rings is 1. The summed E-state index contributed by atoms with van der Waals surface area (Å²) in [5, 5.41) is 7.93. The number of ether oxygens (including phenoxy) is 1. The molecule has 8 heteroatoms. The maximum absolute atomic E-state index is 6.15. The molecule has 168 valence electrons. The number of rotatable bonds is 6. The maximum atomic E-state index is 6.15. The predicted octanol–water partition coefficient (Wildman–Crippen LogP) is 1.18. The highest BCUT2D eigenvalue weighted by molar-refractivity contribution is 5.80. The highest BCUT2D eigenvalue weighted by Crippen LogP contribution is 2.25. The molecule has 0 saturated carbocycles. The first-order valence-electron chi connectivity index (χ1n) is 11.1. The molecule has 0 amide bonds. The zero-order valence-electron chi connectivity index (χ0n) is 19.1. The minimum atomic E-state index is 0.221. The van der Waals surface area contributed by atoms with Crippen molar-refractivity contribution >= 4 is 5.96 Å². The van der Waals surface area contributed by atoms with Crippen molar-refractivity contribution in [3.8, 4) is 0 Å². The maximum Gasteiger partial charge on any atom is 0.193 e. The molecule has 3 unspecified atom stereocenters. The van der Waals surface area contributed by atoms with Crippen molar-refractivity contribution in [1.29, 1.82) is 0 Å². The van der Waals surface area contributed by atoms with Crippen LogP contribution in [0.1, 0.15) is 17.2 Å². The largest absolute Gasteiger partial charge is 0.373 e. The summed E-state index contributed by atoms with van der Waals surface area (Å²) < 4.78 is 8.00. The lowest BCUT2D eigenvalue weighted by Crippen LogP contribution is -2.50. The number of hydrogen-bond donors (Lipinski definition) is 1. The van der Waals surface area contributed by atoms with Crippen LogP contribution in [-0.4, -0.2) is 96.5 Å². The number of aliphatic imine (C=N–C) groups is 1. The molecule has 0 aliphatic carbocycles. The number of fused-ring (bicyclic) bond motifs is 1. The van der Waals surface area contributed by atoms with Gasteiger partial charge in [0.05, 0.1) is 31.0 Å². The fourth-order valence-corrected chi connectivity index (χ4v) is 4.68. The second-order valence-electron chi connectivity index (χ2n) is 8.69. The SMILES string of the molecule is CN=C(NCC(c1cnn(C)c1)N(C)C)N1CC2OCCN(Cc3ccccc3)C2C1. The molecule has 1 N–H and O–H groups in total. The third-order valence-corrected chi connectivity index (χ3v) is 6.34. The third-order valence-electron chi connectivity index (χ3n) is 6.34. The van der Waals surface area contributed by atoms with E-state index < -0.39 is 0 Å². The normalized spacial score (nSPS) is 23.3. The van der Waals surface area contributed by atoms with Crippen LogP contribution in [0.2, 0.25) is 0 Å². The molecule has 3 atom stereocenters. The number of nitrogens with zero attached hydrogens (tertiary/aromatic N) is 6. The topological polar surface area (TPSA) is 61.2 Å². The van der Waals surface area contributed by atoms with Crippen molar-refractivity contribution < 1.29 is 4.74 Å². The van der Waals surface area contributed by atoms with Crippen LogP contribution < -0.4 is 5.32 Å². The van der Waals surface area contributed by atoms with Crippen LogP contribution in [-0.2, 0) is 18.3 Å². The van der Waals surface area contributed by atoms with Gasteiger partial charge in [-0.1, -0.05) is 30.3 Å². The zero-order valence-corrected chi connectivity index (χ0v) is 19.1. The summed E-state index contributed by atoms with van der Waals surface area (Å²) in [5.74, 6) is 0.938. The predicted molar refractivity (Wildman–Crippen MR) is 123 cm³/mol. The number of hydrogen-bond acceptors (Lipinski definition) is 5. The highest BCUT2D eigenvalue weighted by Gasteiger charge is 2.41. The van der Waals surface area contributed by atoms with Crippen molar-refractivity contribution in [3.05, 3.63) is 53.9 Å². The molecule has 1 aromatic heterocycles. The van der Waals surface area contributed by atoms with Gasteiger partial charge in [0.2, 0.25) is 0 Å². The Morgan fingerprint density at radius 2 is 2.10 bits per heavy atom. The van der Waals surface area contributed by atoms with Crippen LogP contribution in [0.3, 0.4) is 0 Å². The summed E-state index contributed by atoms with van der Waals surface area (Å²) in [7, 11) is 8.01. The molecule has 2 aliphatic rings. The molecular weight excluding hydrogens is 390 g/mol. The number of nitrogens with one attached hydrogen (secondary N) is 1. The number of benzene rings is 1. The van der Waals surface area contributed by atoms with E-state index >= 15 is 0 Å². The van der Waals surface area contributed by atoms with Gasteiger partial charge in [-0.25, -0.2) is 0 Å². The average Bonchev–Trinajstić information content (AvgIpc) is 3.38. The Hall–Kier alpha value is -2.42. The first kappa shape index (κ1) is 21.8. The molecule has 2 aliphatic heterocycles. The lowest BCUT2D eigenvalue weighted by Gasteiger charge is -2.36. The second-order valence-corrected chi connectivity index (χ2v) is 8.69. The highest BCUT2D eigenvalue weighted by atomic mass is 16.5. The summed E-state index contributed by atoms with van der Waals surface area (Å²) >= 11 is 0. The van der Waals surface area contributed by atoms with Gasteiger partial charge >= 0.3 is 0 Å². The van der Waals surface area contributed by atoms with Crippen LogP contribution in [0, 0.1) is 0 Å². The van der Waals surface area contributed by atoms with Crippen molar-refractivity contribution in [2.45, 2.75) is 24.7 Å². The summed E-state index contributed by atoms with van der Waals surface area (Å²) in [6, 6.07) is 11.3. The van der Waals surface area contributed by atoms with E-state index in [0.717, 1.165) is 45.3 Å². The lowest BCUT2D eigenvalue weighted by molar-refractivity contribution is -0.0502. The number of aromatic nitrogens is 2. The van der Waals surface area contributed by atoms with E-state index in [4.69, 9.17) is 4.74 Å². The first-order chi connectivity index (χ1) is 15.0. The van der Waals surface area contributed by atoms with Gasteiger partial charge in [-0.15, -0.1) is 0 Å². The van der Waals surface area contributed by atoms with Gasteiger partial charge in [-0.3, -0.25) is 14.6 Å². The van der Waals surface area contributed by atoms with E-state index in [0.29, 0.717) is 6.04 Å². The van der Waals surface area contributed by atoms with Gasteiger partial charge in [0.15, 0.2) is 5.96 Å². The first-order valence-corrected chi connectivity index (χ1v) is 11.1. The van der Waals surface area contributed by atoms with Gasteiger partial charge in [-0.05, 0) is 19.7 Å². The van der Waals surface area contributed by atoms with Gasteiger partial charge in [0, 0.05) is 58.6 Å². The van der Waals surface area contributed by atoms with Crippen molar-refractivity contribution in [2.75, 3.05) is 53.9 Å². The number of likely N-dealkylation sites (tertiary alicyclic amines) is 1. The molecule has 2 saturated heterocycles. The smallest absolute Gasteiger partial charge is 0.193 e.